The molecule has 4 heteroatoms. The minimum Gasteiger partial charge on any atom is -0.358 e. The number of likely N-dealkylation sites (N-methyl/N-ethyl adjacent to an activating group) is 1. The topological polar surface area (TPSA) is 30.3 Å². The van der Waals surface area contributed by atoms with Crippen molar-refractivity contribution >= 4 is 21.8 Å². The molecule has 0 saturated carbocycles. The Kier molecular flexibility index (Phi) is 4.18. The first kappa shape index (κ1) is 12.6. The van der Waals surface area contributed by atoms with E-state index in [0.29, 0.717) is 0 Å². The smallest absolute Gasteiger partial charge is 0.100 e. The van der Waals surface area contributed by atoms with Crippen molar-refractivity contribution in [1.29, 1.82) is 5.41 Å². The van der Waals surface area contributed by atoms with E-state index in [1.807, 2.05) is 12.1 Å². The fraction of sp³-hybridized carbons (Fsp3) is 0.462. The molecule has 0 spiro atoms. The third-order valence-electron chi connectivity index (χ3n) is 3.17. The molecule has 1 aromatic rings. The molecule has 1 aliphatic rings. The molecular formula is C13H18BrN3. The molecule has 0 atom stereocenters. The summed E-state index contributed by atoms with van der Waals surface area (Å²) in [6.45, 7) is 4.07. The van der Waals surface area contributed by atoms with Gasteiger partial charge in [0.25, 0.3) is 0 Å². The molecule has 0 aliphatic carbocycles. The Hall–Kier alpha value is -0.870. The van der Waals surface area contributed by atoms with Gasteiger partial charge in [0.15, 0.2) is 0 Å². The van der Waals surface area contributed by atoms with E-state index >= 15 is 0 Å². The molecule has 1 heterocycles. The van der Waals surface area contributed by atoms with Crippen molar-refractivity contribution in [1.82, 2.24) is 9.80 Å². The largest absolute Gasteiger partial charge is 0.358 e. The number of rotatable bonds is 2. The number of benzene rings is 1. The zero-order valence-electron chi connectivity index (χ0n) is 10.1. The molecule has 1 saturated heterocycles. The van der Waals surface area contributed by atoms with Gasteiger partial charge in [0.2, 0.25) is 0 Å². The minimum atomic E-state index is 0.733. The van der Waals surface area contributed by atoms with Gasteiger partial charge in [0.05, 0.1) is 0 Å². The summed E-state index contributed by atoms with van der Waals surface area (Å²) in [4.78, 5) is 4.49. The molecule has 0 radical (unpaired) electrons. The predicted octanol–water partition coefficient (Wildman–Crippen LogP) is 2.22. The zero-order chi connectivity index (χ0) is 12.3. The van der Waals surface area contributed by atoms with E-state index in [1.54, 1.807) is 0 Å². The van der Waals surface area contributed by atoms with Gasteiger partial charge in [0, 0.05) is 37.1 Å². The van der Waals surface area contributed by atoms with Gasteiger partial charge in [-0.2, -0.15) is 0 Å². The molecular weight excluding hydrogens is 278 g/mol. The Bertz CT molecular complexity index is 380. The third-order valence-corrected chi connectivity index (χ3v) is 3.70. The van der Waals surface area contributed by atoms with Crippen molar-refractivity contribution in [2.75, 3.05) is 33.2 Å². The average Bonchev–Trinajstić information content (AvgIpc) is 2.33. The summed E-state index contributed by atoms with van der Waals surface area (Å²) in [6, 6.07) is 8.22. The lowest BCUT2D eigenvalue weighted by Crippen LogP contribution is -2.47. The van der Waals surface area contributed by atoms with E-state index in [-0.39, 0.29) is 0 Å². The maximum atomic E-state index is 8.14. The summed E-state index contributed by atoms with van der Waals surface area (Å²) in [5.41, 5.74) is 1.21. The van der Waals surface area contributed by atoms with Gasteiger partial charge >= 0.3 is 0 Å². The monoisotopic (exact) mass is 295 g/mol. The summed E-state index contributed by atoms with van der Waals surface area (Å²) in [6.07, 6.45) is 0.733. The first-order chi connectivity index (χ1) is 8.15. The Labute approximate surface area is 111 Å². The van der Waals surface area contributed by atoms with Crippen molar-refractivity contribution in [3.63, 3.8) is 0 Å². The van der Waals surface area contributed by atoms with Crippen LogP contribution in [0.15, 0.2) is 28.7 Å². The average molecular weight is 296 g/mol. The van der Waals surface area contributed by atoms with Crippen molar-refractivity contribution < 1.29 is 0 Å². The lowest BCUT2D eigenvalue weighted by Gasteiger charge is -2.34. The molecule has 0 aromatic heterocycles. The fourth-order valence-corrected chi connectivity index (χ4v) is 2.25. The molecule has 3 nitrogen and oxygen atoms in total. The normalized spacial score (nSPS) is 17.2. The molecule has 0 amide bonds. The Morgan fingerprint density at radius 1 is 1.18 bits per heavy atom. The molecule has 0 bridgehead atoms. The first-order valence-electron chi connectivity index (χ1n) is 5.90. The van der Waals surface area contributed by atoms with Gasteiger partial charge < -0.3 is 9.80 Å². The second-order valence-electron chi connectivity index (χ2n) is 4.54. The van der Waals surface area contributed by atoms with Gasteiger partial charge in [-0.15, -0.1) is 0 Å². The van der Waals surface area contributed by atoms with Gasteiger partial charge in [-0.05, 0) is 24.7 Å². The number of halogens is 1. The number of hydrogen-bond donors (Lipinski definition) is 1. The summed E-state index contributed by atoms with van der Waals surface area (Å²) >= 11 is 3.43. The number of piperazine rings is 1. The van der Waals surface area contributed by atoms with E-state index in [2.05, 4.69) is 44.9 Å². The van der Waals surface area contributed by atoms with Crippen LogP contribution in [0.1, 0.15) is 5.56 Å². The third kappa shape index (κ3) is 3.54. The van der Waals surface area contributed by atoms with E-state index in [4.69, 9.17) is 5.41 Å². The van der Waals surface area contributed by atoms with Crippen LogP contribution in [0.5, 0.6) is 0 Å². The van der Waals surface area contributed by atoms with Crippen molar-refractivity contribution in [3.05, 3.63) is 34.3 Å². The number of hydrogen-bond acceptors (Lipinski definition) is 2. The zero-order valence-corrected chi connectivity index (χ0v) is 11.7. The van der Waals surface area contributed by atoms with Crippen LogP contribution in [0.2, 0.25) is 0 Å². The molecule has 1 aromatic carbocycles. The van der Waals surface area contributed by atoms with Gasteiger partial charge in [-0.25, -0.2) is 0 Å². The van der Waals surface area contributed by atoms with Crippen LogP contribution in [0.4, 0.5) is 0 Å². The van der Waals surface area contributed by atoms with Gasteiger partial charge in [-0.3, -0.25) is 5.41 Å². The Morgan fingerprint density at radius 2 is 1.76 bits per heavy atom. The van der Waals surface area contributed by atoms with Crippen LogP contribution in [0, 0.1) is 5.41 Å². The highest BCUT2D eigenvalue weighted by atomic mass is 79.9. The van der Waals surface area contributed by atoms with Crippen LogP contribution in [-0.2, 0) is 6.42 Å². The first-order valence-corrected chi connectivity index (χ1v) is 6.70. The molecule has 92 valence electrons. The van der Waals surface area contributed by atoms with E-state index in [9.17, 15) is 0 Å². The van der Waals surface area contributed by atoms with Crippen LogP contribution in [-0.4, -0.2) is 48.9 Å². The highest BCUT2D eigenvalue weighted by molar-refractivity contribution is 9.10. The standard InChI is InChI=1S/C13H18BrN3/c1-16-6-8-17(9-7-16)13(15)10-11-2-4-12(14)5-3-11/h2-5,15H,6-10H2,1H3. The van der Waals surface area contributed by atoms with Crippen molar-refractivity contribution in [3.8, 4) is 0 Å². The van der Waals surface area contributed by atoms with E-state index < -0.39 is 0 Å². The highest BCUT2D eigenvalue weighted by Gasteiger charge is 2.16. The van der Waals surface area contributed by atoms with Crippen LogP contribution >= 0.6 is 15.9 Å². The fourth-order valence-electron chi connectivity index (χ4n) is 1.98. The molecule has 17 heavy (non-hydrogen) atoms. The summed E-state index contributed by atoms with van der Waals surface area (Å²) < 4.78 is 1.09. The van der Waals surface area contributed by atoms with Crippen LogP contribution in [0.25, 0.3) is 0 Å². The SMILES string of the molecule is CN1CCN(C(=N)Cc2ccc(Br)cc2)CC1. The van der Waals surface area contributed by atoms with Gasteiger partial charge in [0.1, 0.15) is 5.84 Å². The summed E-state index contributed by atoms with van der Waals surface area (Å²) in [5, 5.41) is 8.14. The van der Waals surface area contributed by atoms with Crippen LogP contribution in [0.3, 0.4) is 0 Å². The van der Waals surface area contributed by atoms with Crippen molar-refractivity contribution in [2.24, 2.45) is 0 Å². The molecule has 2 rings (SSSR count). The highest BCUT2D eigenvalue weighted by Crippen LogP contribution is 2.12. The lowest BCUT2D eigenvalue weighted by atomic mass is 10.1. The molecule has 1 N–H and O–H groups in total. The second-order valence-corrected chi connectivity index (χ2v) is 5.46. The number of nitrogens with one attached hydrogen (secondary N) is 1. The summed E-state index contributed by atoms with van der Waals surface area (Å²) in [7, 11) is 2.13. The number of amidine groups is 1. The molecule has 1 fully saturated rings. The summed E-state index contributed by atoms with van der Waals surface area (Å²) in [5.74, 6) is 0.737. The van der Waals surface area contributed by atoms with E-state index in [0.717, 1.165) is 42.9 Å². The second kappa shape index (κ2) is 5.65. The maximum absolute atomic E-state index is 8.14. The number of nitrogens with zero attached hydrogens (tertiary/aromatic N) is 2. The Morgan fingerprint density at radius 3 is 2.35 bits per heavy atom. The Balaban J connectivity index is 1.90. The maximum Gasteiger partial charge on any atom is 0.100 e. The van der Waals surface area contributed by atoms with Crippen LogP contribution < -0.4 is 0 Å². The van der Waals surface area contributed by atoms with Gasteiger partial charge in [-0.1, -0.05) is 28.1 Å². The van der Waals surface area contributed by atoms with E-state index in [1.165, 1.54) is 5.56 Å². The van der Waals surface area contributed by atoms with Crippen molar-refractivity contribution in [2.45, 2.75) is 6.42 Å². The quantitative estimate of drug-likeness (QED) is 0.670. The molecule has 0 unspecified atom stereocenters. The lowest BCUT2D eigenvalue weighted by molar-refractivity contribution is 0.213. The molecule has 1 aliphatic heterocycles. The predicted molar refractivity (Wildman–Crippen MR) is 74.6 cm³/mol. The minimum absolute atomic E-state index is 0.733.